The van der Waals surface area contributed by atoms with E-state index in [1.807, 2.05) is 16.7 Å². The lowest BCUT2D eigenvalue weighted by atomic mass is 9.93. The second-order valence-corrected chi connectivity index (χ2v) is 8.08. The maximum Gasteiger partial charge on any atom is 0.341 e. The van der Waals surface area contributed by atoms with Crippen molar-refractivity contribution in [3.8, 4) is 0 Å². The number of carbonyl (C=O) groups is 2. The second kappa shape index (κ2) is 8.53. The normalized spacial score (nSPS) is 19.1. The average Bonchev–Trinajstić information content (AvgIpc) is 2.79. The van der Waals surface area contributed by atoms with Crippen molar-refractivity contribution >= 4 is 28.5 Å². The molecule has 1 aliphatic carbocycles. The van der Waals surface area contributed by atoms with Gasteiger partial charge in [0, 0.05) is 50.2 Å². The number of aromatic carboxylic acids is 1. The summed E-state index contributed by atoms with van der Waals surface area (Å²) in [5.41, 5.74) is -0.188. The van der Waals surface area contributed by atoms with Gasteiger partial charge in [-0.15, -0.1) is 0 Å². The number of piperazine rings is 1. The van der Waals surface area contributed by atoms with Crippen LogP contribution >= 0.6 is 0 Å². The van der Waals surface area contributed by atoms with E-state index in [1.165, 1.54) is 6.20 Å². The molecule has 31 heavy (non-hydrogen) atoms. The predicted octanol–water partition coefficient (Wildman–Crippen LogP) is 2.86. The predicted molar refractivity (Wildman–Crippen MR) is 116 cm³/mol. The van der Waals surface area contributed by atoms with Crippen molar-refractivity contribution < 1.29 is 19.1 Å². The minimum Gasteiger partial charge on any atom is -0.477 e. The number of fused-ring (bicyclic) bond motifs is 1. The molecule has 1 aromatic carbocycles. The van der Waals surface area contributed by atoms with Crippen LogP contribution in [0.2, 0.25) is 0 Å². The van der Waals surface area contributed by atoms with Gasteiger partial charge >= 0.3 is 5.97 Å². The first-order valence-electron chi connectivity index (χ1n) is 10.7. The molecule has 2 aliphatic rings. The van der Waals surface area contributed by atoms with Crippen molar-refractivity contribution in [1.82, 2.24) is 9.47 Å². The number of allylic oxidation sites excluding steroid dienone is 2. The Morgan fingerprint density at radius 1 is 1.16 bits per heavy atom. The maximum atomic E-state index is 15.0. The van der Waals surface area contributed by atoms with Crippen molar-refractivity contribution in [1.29, 1.82) is 0 Å². The van der Waals surface area contributed by atoms with Crippen LogP contribution in [0.1, 0.15) is 36.5 Å². The molecule has 1 amide bonds. The van der Waals surface area contributed by atoms with Crippen LogP contribution in [0, 0.1) is 11.7 Å². The van der Waals surface area contributed by atoms with Gasteiger partial charge in [-0.2, -0.15) is 0 Å². The monoisotopic (exact) mass is 427 g/mol. The lowest BCUT2D eigenvalue weighted by Crippen LogP contribution is -2.50. The molecule has 164 valence electrons. The second-order valence-electron chi connectivity index (χ2n) is 8.08. The zero-order valence-corrected chi connectivity index (χ0v) is 17.5. The largest absolute Gasteiger partial charge is 0.477 e. The Kier molecular flexibility index (Phi) is 5.80. The molecule has 2 heterocycles. The molecule has 8 heteroatoms. The maximum absolute atomic E-state index is 15.0. The van der Waals surface area contributed by atoms with E-state index in [-0.39, 0.29) is 22.8 Å². The van der Waals surface area contributed by atoms with Crippen molar-refractivity contribution in [3.63, 3.8) is 0 Å². The number of anilines is 1. The first kappa shape index (κ1) is 21.1. The van der Waals surface area contributed by atoms with Gasteiger partial charge in [0.25, 0.3) is 0 Å². The Bertz CT molecular complexity index is 1120. The van der Waals surface area contributed by atoms with Gasteiger partial charge in [0.2, 0.25) is 11.3 Å². The van der Waals surface area contributed by atoms with Crippen molar-refractivity contribution in [2.24, 2.45) is 5.92 Å². The van der Waals surface area contributed by atoms with E-state index in [0.29, 0.717) is 43.9 Å². The van der Waals surface area contributed by atoms with E-state index in [1.54, 1.807) is 10.6 Å². The molecule has 0 saturated carbocycles. The third kappa shape index (κ3) is 3.94. The molecule has 0 radical (unpaired) electrons. The molecule has 2 aromatic rings. The Morgan fingerprint density at radius 3 is 2.52 bits per heavy atom. The van der Waals surface area contributed by atoms with Crippen LogP contribution in [0.3, 0.4) is 0 Å². The van der Waals surface area contributed by atoms with Gasteiger partial charge in [-0.05, 0) is 38.3 Å². The number of benzene rings is 1. The lowest BCUT2D eigenvalue weighted by Gasteiger charge is -2.38. The fourth-order valence-electron chi connectivity index (χ4n) is 4.50. The third-order valence-corrected chi connectivity index (χ3v) is 6.27. The first-order valence-corrected chi connectivity index (χ1v) is 10.7. The summed E-state index contributed by atoms with van der Waals surface area (Å²) >= 11 is 0. The highest BCUT2D eigenvalue weighted by Gasteiger charge is 2.28. The van der Waals surface area contributed by atoms with E-state index in [4.69, 9.17) is 0 Å². The number of amides is 1. The minimum absolute atomic E-state index is 0.0383. The van der Waals surface area contributed by atoms with Crippen LogP contribution in [0.4, 0.5) is 10.1 Å². The van der Waals surface area contributed by atoms with Gasteiger partial charge < -0.3 is 19.5 Å². The van der Waals surface area contributed by atoms with Crippen LogP contribution < -0.4 is 10.3 Å². The number of hydrogen-bond donors (Lipinski definition) is 1. The Hall–Kier alpha value is -3.16. The zero-order chi connectivity index (χ0) is 22.1. The highest BCUT2D eigenvalue weighted by molar-refractivity contribution is 5.93. The molecule has 1 fully saturated rings. The smallest absolute Gasteiger partial charge is 0.341 e. The molecule has 7 nitrogen and oxygen atoms in total. The molecule has 1 aliphatic heterocycles. The fourth-order valence-corrected chi connectivity index (χ4v) is 4.50. The first-order chi connectivity index (χ1) is 14.9. The molecule has 0 bridgehead atoms. The Labute approximate surface area is 179 Å². The zero-order valence-electron chi connectivity index (χ0n) is 17.5. The topological polar surface area (TPSA) is 82.8 Å². The quantitative estimate of drug-likeness (QED) is 0.759. The molecular formula is C23H26FN3O4. The number of carboxylic acids is 1. The summed E-state index contributed by atoms with van der Waals surface area (Å²) < 4.78 is 16.6. The number of carbonyl (C=O) groups excluding carboxylic acids is 1. The van der Waals surface area contributed by atoms with E-state index >= 15 is 0 Å². The van der Waals surface area contributed by atoms with E-state index in [2.05, 4.69) is 12.2 Å². The van der Waals surface area contributed by atoms with Gasteiger partial charge in [-0.1, -0.05) is 12.2 Å². The summed E-state index contributed by atoms with van der Waals surface area (Å²) in [6.45, 7) is 4.33. The van der Waals surface area contributed by atoms with Crippen LogP contribution in [0.15, 0.2) is 35.3 Å². The number of nitrogens with zero attached hydrogens (tertiary/aromatic N) is 3. The highest BCUT2D eigenvalue weighted by Crippen LogP contribution is 2.27. The number of aromatic nitrogens is 1. The van der Waals surface area contributed by atoms with Crippen LogP contribution in [-0.4, -0.2) is 52.6 Å². The highest BCUT2D eigenvalue weighted by atomic mass is 19.1. The van der Waals surface area contributed by atoms with Crippen molar-refractivity contribution in [2.75, 3.05) is 31.1 Å². The molecule has 1 aromatic heterocycles. The van der Waals surface area contributed by atoms with Gasteiger partial charge in [0.05, 0.1) is 11.2 Å². The molecular weight excluding hydrogens is 401 g/mol. The summed E-state index contributed by atoms with van der Waals surface area (Å²) in [5, 5.41) is 9.34. The summed E-state index contributed by atoms with van der Waals surface area (Å²) in [6.07, 6.45) is 8.08. The van der Waals surface area contributed by atoms with Gasteiger partial charge in [0.1, 0.15) is 11.4 Å². The summed E-state index contributed by atoms with van der Waals surface area (Å²) in [6, 6.07) is 2.75. The summed E-state index contributed by atoms with van der Waals surface area (Å²) in [5.74, 6) is -1.68. The fraction of sp³-hybridized carbons (Fsp3) is 0.435. The molecule has 1 N–H and O–H groups in total. The average molecular weight is 427 g/mol. The van der Waals surface area contributed by atoms with E-state index in [0.717, 1.165) is 25.3 Å². The van der Waals surface area contributed by atoms with Crippen LogP contribution in [0.5, 0.6) is 0 Å². The van der Waals surface area contributed by atoms with Crippen molar-refractivity contribution in [2.45, 2.75) is 32.7 Å². The molecule has 1 atom stereocenters. The lowest BCUT2D eigenvalue weighted by molar-refractivity contribution is -0.136. The number of pyridine rings is 1. The molecule has 0 spiro atoms. The van der Waals surface area contributed by atoms with Gasteiger partial charge in [-0.25, -0.2) is 9.18 Å². The molecule has 1 unspecified atom stereocenters. The molecule has 1 saturated heterocycles. The van der Waals surface area contributed by atoms with E-state index < -0.39 is 17.2 Å². The van der Waals surface area contributed by atoms with Gasteiger partial charge in [0.15, 0.2) is 0 Å². The van der Waals surface area contributed by atoms with Gasteiger partial charge in [-0.3, -0.25) is 9.59 Å². The third-order valence-electron chi connectivity index (χ3n) is 6.27. The molecule has 4 rings (SSSR count). The number of rotatable bonds is 4. The minimum atomic E-state index is -1.33. The Morgan fingerprint density at radius 2 is 1.90 bits per heavy atom. The number of halogens is 1. The summed E-state index contributed by atoms with van der Waals surface area (Å²) in [7, 11) is 0. The van der Waals surface area contributed by atoms with Crippen LogP contribution in [-0.2, 0) is 11.3 Å². The number of hydrogen-bond acceptors (Lipinski definition) is 4. The van der Waals surface area contributed by atoms with Crippen LogP contribution in [0.25, 0.3) is 10.9 Å². The summed E-state index contributed by atoms with van der Waals surface area (Å²) in [4.78, 5) is 40.4. The SMILES string of the molecule is CCn1cc(C(=O)O)c(=O)c2cc(F)c(N3CCN(C(=O)C4CC=CCC4)CC3)cc21. The van der Waals surface area contributed by atoms with Crippen molar-refractivity contribution in [3.05, 3.63) is 52.1 Å². The number of carboxylic acid groups (broad SMARTS) is 1. The standard InChI is InChI=1S/C23H26FN3O4/c1-2-25-14-17(23(30)31)21(28)16-12-18(24)20(13-19(16)25)26-8-10-27(11-9-26)22(29)15-6-4-3-5-7-15/h3-4,12-15H,2,5-11H2,1H3,(H,30,31). The number of aryl methyl sites for hydroxylation is 1. The Balaban J connectivity index is 1.59. The van der Waals surface area contributed by atoms with E-state index in [9.17, 15) is 23.9 Å².